The van der Waals surface area contributed by atoms with E-state index in [1.165, 1.54) is 5.57 Å². The summed E-state index contributed by atoms with van der Waals surface area (Å²) < 4.78 is 0. The maximum absolute atomic E-state index is 3.93. The van der Waals surface area contributed by atoms with Gasteiger partial charge in [0.25, 0.3) is 0 Å². The van der Waals surface area contributed by atoms with Crippen molar-refractivity contribution in [3.8, 4) is 0 Å². The molecule has 0 aliphatic carbocycles. The second kappa shape index (κ2) is 5.54. The van der Waals surface area contributed by atoms with Gasteiger partial charge in [-0.15, -0.1) is 0 Å². The molecule has 0 spiro atoms. The fraction of sp³-hybridized carbons (Fsp3) is 0.625. The van der Waals surface area contributed by atoms with Crippen LogP contribution < -0.4 is 0 Å². The number of allylic oxidation sites excluding steroid dienone is 2. The predicted molar refractivity (Wildman–Crippen MR) is 43.1 cm³/mol. The number of hydrogen-bond donors (Lipinski definition) is 0. The molecule has 0 radical (unpaired) electrons. The molecule has 0 aliphatic rings. The van der Waals surface area contributed by atoms with Gasteiger partial charge in [-0.25, -0.2) is 0 Å². The third kappa shape index (κ3) is 3.95. The molecule has 0 atom stereocenters. The Balaban J connectivity index is 3.81. The van der Waals surface area contributed by atoms with Gasteiger partial charge in [-0.05, 0) is 18.4 Å². The first-order chi connectivity index (χ1) is 4.35. The normalized spacial score (nSPS) is 13.0. The lowest BCUT2D eigenvalue weighted by molar-refractivity contribution is 1.12. The number of rotatable bonds is 3. The van der Waals surface area contributed by atoms with Crippen molar-refractivity contribution in [1.82, 2.24) is 0 Å². The van der Waals surface area contributed by atoms with Crippen LogP contribution in [0.15, 0.2) is 16.6 Å². The quantitative estimate of drug-likeness (QED) is 0.514. The van der Waals surface area contributed by atoms with Crippen molar-refractivity contribution in [1.29, 1.82) is 0 Å². The van der Waals surface area contributed by atoms with Gasteiger partial charge in [-0.3, -0.25) is 4.99 Å². The number of aliphatic imine (C=N–C) groups is 1. The summed E-state index contributed by atoms with van der Waals surface area (Å²) in [6.07, 6.45) is 6.32. The van der Waals surface area contributed by atoms with Gasteiger partial charge in [0.1, 0.15) is 0 Å². The summed E-state index contributed by atoms with van der Waals surface area (Å²) in [6, 6.07) is 0. The van der Waals surface area contributed by atoms with Crippen LogP contribution in [0.3, 0.4) is 0 Å². The first-order valence-corrected chi connectivity index (χ1v) is 3.46. The molecule has 52 valence electrons. The van der Waals surface area contributed by atoms with Crippen LogP contribution in [-0.4, -0.2) is 13.3 Å². The third-order valence-electron chi connectivity index (χ3n) is 1.17. The van der Waals surface area contributed by atoms with Gasteiger partial charge in [0.2, 0.25) is 0 Å². The summed E-state index contributed by atoms with van der Waals surface area (Å²) in [5, 5.41) is 0. The van der Waals surface area contributed by atoms with Gasteiger partial charge in [0, 0.05) is 13.3 Å². The Hall–Kier alpha value is -0.590. The van der Waals surface area contributed by atoms with E-state index >= 15 is 0 Å². The molecule has 0 saturated carbocycles. The Kier molecular flexibility index (Phi) is 5.18. The van der Waals surface area contributed by atoms with Crippen LogP contribution in [0.1, 0.15) is 26.7 Å². The SMILES string of the molecule is CCC=C(C=NC)CC. The van der Waals surface area contributed by atoms with E-state index in [0.29, 0.717) is 0 Å². The summed E-state index contributed by atoms with van der Waals surface area (Å²) in [5.41, 5.74) is 1.33. The maximum Gasteiger partial charge on any atom is 0.0277 e. The van der Waals surface area contributed by atoms with Crippen LogP contribution in [0.5, 0.6) is 0 Å². The first kappa shape index (κ1) is 8.41. The topological polar surface area (TPSA) is 12.4 Å². The third-order valence-corrected chi connectivity index (χ3v) is 1.17. The van der Waals surface area contributed by atoms with Crippen molar-refractivity contribution in [2.45, 2.75) is 26.7 Å². The summed E-state index contributed by atoms with van der Waals surface area (Å²) in [4.78, 5) is 3.93. The van der Waals surface area contributed by atoms with Crippen LogP contribution >= 0.6 is 0 Å². The Morgan fingerprint density at radius 1 is 1.44 bits per heavy atom. The molecule has 0 bridgehead atoms. The molecule has 1 nitrogen and oxygen atoms in total. The molecule has 0 aromatic rings. The lowest BCUT2D eigenvalue weighted by Crippen LogP contribution is -1.80. The first-order valence-electron chi connectivity index (χ1n) is 3.46. The van der Waals surface area contributed by atoms with Gasteiger partial charge < -0.3 is 0 Å². The van der Waals surface area contributed by atoms with Gasteiger partial charge in [-0.1, -0.05) is 19.9 Å². The minimum absolute atomic E-state index is 1.09. The molecule has 0 aromatic heterocycles. The number of nitrogens with zero attached hydrogens (tertiary/aromatic N) is 1. The molecule has 9 heavy (non-hydrogen) atoms. The molecule has 0 rings (SSSR count). The van der Waals surface area contributed by atoms with Crippen molar-refractivity contribution in [3.05, 3.63) is 11.6 Å². The fourth-order valence-electron chi connectivity index (χ4n) is 0.716. The van der Waals surface area contributed by atoms with E-state index in [0.717, 1.165) is 12.8 Å². The predicted octanol–water partition coefficient (Wildman–Crippen LogP) is 2.43. The monoisotopic (exact) mass is 125 g/mol. The molecular formula is C8H15N. The second-order valence-corrected chi connectivity index (χ2v) is 1.93. The summed E-state index contributed by atoms with van der Waals surface area (Å²) in [7, 11) is 1.80. The Morgan fingerprint density at radius 2 is 2.11 bits per heavy atom. The van der Waals surface area contributed by atoms with E-state index in [1.807, 2.05) is 6.21 Å². The van der Waals surface area contributed by atoms with Crippen LogP contribution in [0.25, 0.3) is 0 Å². The lowest BCUT2D eigenvalue weighted by atomic mass is 10.2. The molecule has 0 amide bonds. The molecule has 0 saturated heterocycles. The minimum atomic E-state index is 1.09. The minimum Gasteiger partial charge on any atom is -0.296 e. The highest BCUT2D eigenvalue weighted by Gasteiger charge is 1.83. The molecule has 0 heterocycles. The lowest BCUT2D eigenvalue weighted by Gasteiger charge is -1.91. The van der Waals surface area contributed by atoms with Crippen molar-refractivity contribution in [2.24, 2.45) is 4.99 Å². The summed E-state index contributed by atoms with van der Waals surface area (Å²) in [5.74, 6) is 0. The molecule has 1 heteroatoms. The van der Waals surface area contributed by atoms with Crippen LogP contribution in [0.2, 0.25) is 0 Å². The van der Waals surface area contributed by atoms with Gasteiger partial charge >= 0.3 is 0 Å². The summed E-state index contributed by atoms with van der Waals surface area (Å²) in [6.45, 7) is 4.28. The van der Waals surface area contributed by atoms with E-state index in [9.17, 15) is 0 Å². The largest absolute Gasteiger partial charge is 0.296 e. The molecule has 0 unspecified atom stereocenters. The van der Waals surface area contributed by atoms with Gasteiger partial charge in [0.05, 0.1) is 0 Å². The molecule has 0 N–H and O–H groups in total. The Morgan fingerprint density at radius 3 is 2.44 bits per heavy atom. The maximum atomic E-state index is 3.93. The highest BCUT2D eigenvalue weighted by Crippen LogP contribution is 1.97. The van der Waals surface area contributed by atoms with E-state index in [-0.39, 0.29) is 0 Å². The van der Waals surface area contributed by atoms with Gasteiger partial charge in [0.15, 0.2) is 0 Å². The van der Waals surface area contributed by atoms with E-state index in [1.54, 1.807) is 7.05 Å². The van der Waals surface area contributed by atoms with Crippen LogP contribution in [0, 0.1) is 0 Å². The highest BCUT2D eigenvalue weighted by molar-refractivity contribution is 5.78. The molecule has 0 aliphatic heterocycles. The fourth-order valence-corrected chi connectivity index (χ4v) is 0.716. The zero-order chi connectivity index (χ0) is 7.11. The Bertz CT molecular complexity index is 112. The highest BCUT2D eigenvalue weighted by atomic mass is 14.6. The molecular weight excluding hydrogens is 110 g/mol. The van der Waals surface area contributed by atoms with Crippen LogP contribution in [0.4, 0.5) is 0 Å². The van der Waals surface area contributed by atoms with E-state index in [2.05, 4.69) is 24.9 Å². The van der Waals surface area contributed by atoms with Gasteiger partial charge in [-0.2, -0.15) is 0 Å². The number of hydrogen-bond acceptors (Lipinski definition) is 1. The summed E-state index contributed by atoms with van der Waals surface area (Å²) >= 11 is 0. The molecule has 0 fully saturated rings. The van der Waals surface area contributed by atoms with E-state index < -0.39 is 0 Å². The van der Waals surface area contributed by atoms with Crippen molar-refractivity contribution >= 4 is 6.21 Å². The van der Waals surface area contributed by atoms with Crippen molar-refractivity contribution in [3.63, 3.8) is 0 Å². The zero-order valence-corrected chi connectivity index (χ0v) is 6.52. The average molecular weight is 125 g/mol. The van der Waals surface area contributed by atoms with Crippen molar-refractivity contribution in [2.75, 3.05) is 7.05 Å². The smallest absolute Gasteiger partial charge is 0.0277 e. The van der Waals surface area contributed by atoms with Crippen LogP contribution in [-0.2, 0) is 0 Å². The molecule has 0 aromatic carbocycles. The van der Waals surface area contributed by atoms with E-state index in [4.69, 9.17) is 0 Å². The van der Waals surface area contributed by atoms with Crippen molar-refractivity contribution < 1.29 is 0 Å². The second-order valence-electron chi connectivity index (χ2n) is 1.93. The average Bonchev–Trinajstić information content (AvgIpc) is 1.88. The zero-order valence-electron chi connectivity index (χ0n) is 6.52. The Labute approximate surface area is 57.5 Å². The standard InChI is InChI=1S/C8H15N/c1-4-6-8(5-2)7-9-3/h6-7H,4-5H2,1-3H3.